The van der Waals surface area contributed by atoms with Crippen molar-refractivity contribution in [3.63, 3.8) is 0 Å². The molecule has 0 aliphatic carbocycles. The Morgan fingerprint density at radius 2 is 2.32 bits per heavy atom. The average Bonchev–Trinajstić information content (AvgIpc) is 2.94. The molecule has 1 unspecified atom stereocenters. The van der Waals surface area contributed by atoms with Crippen LogP contribution in [-0.2, 0) is 19.9 Å². The maximum atomic E-state index is 6.23. The molecule has 0 fully saturated rings. The fourth-order valence-corrected chi connectivity index (χ4v) is 3.49. The summed E-state index contributed by atoms with van der Waals surface area (Å²) in [5.74, 6) is 0. The van der Waals surface area contributed by atoms with Gasteiger partial charge in [0.15, 0.2) is 0 Å². The van der Waals surface area contributed by atoms with E-state index in [1.165, 1.54) is 10.6 Å². The lowest BCUT2D eigenvalue weighted by Gasteiger charge is -2.11. The largest absolute Gasteiger partial charge is 0.327 e. The van der Waals surface area contributed by atoms with Gasteiger partial charge in [0, 0.05) is 24.4 Å². The topological polar surface area (TPSA) is 43.8 Å². The molecule has 0 saturated heterocycles. The molecule has 0 aliphatic heterocycles. The van der Waals surface area contributed by atoms with Gasteiger partial charge in [-0.3, -0.25) is 4.68 Å². The zero-order valence-corrected chi connectivity index (χ0v) is 13.8. The van der Waals surface area contributed by atoms with Gasteiger partial charge >= 0.3 is 0 Å². The predicted octanol–water partition coefficient (Wildman–Crippen LogP) is 3.45. The average molecular weight is 342 g/mol. The normalized spacial score (nSPS) is 12.8. The molecule has 0 spiro atoms. The van der Waals surface area contributed by atoms with E-state index >= 15 is 0 Å². The van der Waals surface area contributed by atoms with Gasteiger partial charge in [-0.15, -0.1) is 11.3 Å². The number of aromatic nitrogens is 2. The van der Waals surface area contributed by atoms with Gasteiger partial charge in [0.2, 0.25) is 0 Å². The van der Waals surface area contributed by atoms with Crippen LogP contribution in [0.4, 0.5) is 0 Å². The molecule has 0 bridgehead atoms. The van der Waals surface area contributed by atoms with E-state index in [9.17, 15) is 0 Å². The van der Waals surface area contributed by atoms with Crippen LogP contribution < -0.4 is 5.73 Å². The lowest BCUT2D eigenvalue weighted by atomic mass is 10.0. The molecule has 0 saturated carbocycles. The van der Waals surface area contributed by atoms with Gasteiger partial charge in [-0.1, -0.05) is 6.07 Å². The summed E-state index contributed by atoms with van der Waals surface area (Å²) in [6.07, 6.45) is 4.21. The quantitative estimate of drug-likeness (QED) is 0.874. The highest BCUT2D eigenvalue weighted by Gasteiger charge is 2.14. The van der Waals surface area contributed by atoms with Crippen molar-refractivity contribution in [3.8, 4) is 0 Å². The van der Waals surface area contributed by atoms with Crippen LogP contribution in [-0.4, -0.2) is 15.8 Å². The summed E-state index contributed by atoms with van der Waals surface area (Å²) in [5, 5.41) is 6.53. The molecule has 2 rings (SSSR count). The van der Waals surface area contributed by atoms with Crippen molar-refractivity contribution in [2.24, 2.45) is 12.8 Å². The fourth-order valence-electron chi connectivity index (χ4n) is 2.25. The SMILES string of the molecule is Cc1nn(C)c(CC(N)CCCc2cccs2)c1Br. The van der Waals surface area contributed by atoms with Crippen molar-refractivity contribution in [3.05, 3.63) is 38.3 Å². The molecule has 0 amide bonds. The van der Waals surface area contributed by atoms with Crippen molar-refractivity contribution in [1.82, 2.24) is 9.78 Å². The molecule has 2 aromatic rings. The van der Waals surface area contributed by atoms with Crippen molar-refractivity contribution in [2.45, 2.75) is 38.6 Å². The van der Waals surface area contributed by atoms with E-state index in [0.717, 1.165) is 35.8 Å². The highest BCUT2D eigenvalue weighted by Crippen LogP contribution is 2.22. The molecule has 1 atom stereocenters. The van der Waals surface area contributed by atoms with Gasteiger partial charge in [0.05, 0.1) is 15.9 Å². The number of hydrogen-bond donors (Lipinski definition) is 1. The summed E-state index contributed by atoms with van der Waals surface area (Å²) in [6, 6.07) is 4.50. The van der Waals surface area contributed by atoms with Crippen molar-refractivity contribution < 1.29 is 0 Å². The minimum Gasteiger partial charge on any atom is -0.327 e. The Labute approximate surface area is 126 Å². The molecular formula is C14H20BrN3S. The molecule has 0 aliphatic rings. The first-order chi connectivity index (χ1) is 9.08. The first-order valence-corrected chi connectivity index (χ1v) is 8.21. The number of aryl methyl sites for hydroxylation is 3. The Balaban J connectivity index is 1.82. The molecule has 0 radical (unpaired) electrons. The third kappa shape index (κ3) is 3.91. The highest BCUT2D eigenvalue weighted by atomic mass is 79.9. The molecule has 19 heavy (non-hydrogen) atoms. The van der Waals surface area contributed by atoms with E-state index in [0.29, 0.717) is 0 Å². The van der Waals surface area contributed by atoms with Crippen molar-refractivity contribution in [1.29, 1.82) is 0 Å². The highest BCUT2D eigenvalue weighted by molar-refractivity contribution is 9.10. The predicted molar refractivity (Wildman–Crippen MR) is 84.6 cm³/mol. The zero-order valence-electron chi connectivity index (χ0n) is 11.4. The van der Waals surface area contributed by atoms with Crippen LogP contribution in [0.15, 0.2) is 22.0 Å². The molecular weight excluding hydrogens is 322 g/mol. The van der Waals surface area contributed by atoms with E-state index in [1.807, 2.05) is 30.0 Å². The molecule has 2 heterocycles. The van der Waals surface area contributed by atoms with Gasteiger partial charge < -0.3 is 5.73 Å². The molecule has 2 N–H and O–H groups in total. The molecule has 5 heteroatoms. The summed E-state index contributed by atoms with van der Waals surface area (Å²) < 4.78 is 3.03. The van der Waals surface area contributed by atoms with E-state index in [1.54, 1.807) is 0 Å². The maximum absolute atomic E-state index is 6.23. The Kier molecular flexibility index (Phi) is 5.19. The van der Waals surface area contributed by atoms with Crippen molar-refractivity contribution in [2.75, 3.05) is 0 Å². The lowest BCUT2D eigenvalue weighted by Crippen LogP contribution is -2.24. The van der Waals surface area contributed by atoms with E-state index in [4.69, 9.17) is 5.73 Å². The maximum Gasteiger partial charge on any atom is 0.0738 e. The summed E-state index contributed by atoms with van der Waals surface area (Å²) >= 11 is 5.42. The van der Waals surface area contributed by atoms with Crippen LogP contribution in [0.25, 0.3) is 0 Å². The van der Waals surface area contributed by atoms with Crippen molar-refractivity contribution >= 4 is 27.3 Å². The summed E-state index contributed by atoms with van der Waals surface area (Å²) in [7, 11) is 1.98. The van der Waals surface area contributed by atoms with Crippen LogP contribution >= 0.6 is 27.3 Å². The third-order valence-electron chi connectivity index (χ3n) is 3.30. The van der Waals surface area contributed by atoms with Gasteiger partial charge in [0.25, 0.3) is 0 Å². The molecule has 2 aromatic heterocycles. The minimum atomic E-state index is 0.200. The Bertz CT molecular complexity index is 519. The lowest BCUT2D eigenvalue weighted by molar-refractivity contribution is 0.556. The van der Waals surface area contributed by atoms with Crippen LogP contribution in [0.3, 0.4) is 0 Å². The number of halogens is 1. The number of hydrogen-bond acceptors (Lipinski definition) is 3. The minimum absolute atomic E-state index is 0.200. The monoisotopic (exact) mass is 341 g/mol. The molecule has 104 valence electrons. The smallest absolute Gasteiger partial charge is 0.0738 e. The van der Waals surface area contributed by atoms with E-state index < -0.39 is 0 Å². The summed E-state index contributed by atoms with van der Waals surface area (Å²) in [5.41, 5.74) is 8.46. The summed E-state index contributed by atoms with van der Waals surface area (Å²) in [6.45, 7) is 2.01. The second-order valence-electron chi connectivity index (χ2n) is 4.91. The fraction of sp³-hybridized carbons (Fsp3) is 0.500. The second kappa shape index (κ2) is 6.68. The van der Waals surface area contributed by atoms with Gasteiger partial charge in [-0.2, -0.15) is 5.10 Å². The number of nitrogens with two attached hydrogens (primary N) is 1. The molecule has 0 aromatic carbocycles. The van der Waals surface area contributed by atoms with Crippen LogP contribution in [0, 0.1) is 6.92 Å². The van der Waals surface area contributed by atoms with E-state index in [-0.39, 0.29) is 6.04 Å². The molecule has 3 nitrogen and oxygen atoms in total. The Morgan fingerprint density at radius 3 is 2.89 bits per heavy atom. The standard InChI is InChI=1S/C14H20BrN3S/c1-10-14(15)13(18(2)17-10)9-11(16)5-3-6-12-7-4-8-19-12/h4,7-8,11H,3,5-6,9,16H2,1-2H3. The Morgan fingerprint density at radius 1 is 1.53 bits per heavy atom. The number of thiophene rings is 1. The van der Waals surface area contributed by atoms with Gasteiger partial charge in [0.1, 0.15) is 0 Å². The zero-order chi connectivity index (χ0) is 13.8. The van der Waals surface area contributed by atoms with Gasteiger partial charge in [-0.25, -0.2) is 0 Å². The van der Waals surface area contributed by atoms with E-state index in [2.05, 4.69) is 38.5 Å². The first-order valence-electron chi connectivity index (χ1n) is 6.54. The third-order valence-corrected chi connectivity index (χ3v) is 5.26. The van der Waals surface area contributed by atoms with Crippen LogP contribution in [0.5, 0.6) is 0 Å². The summed E-state index contributed by atoms with van der Waals surface area (Å²) in [4.78, 5) is 1.45. The second-order valence-corrected chi connectivity index (χ2v) is 6.73. The first kappa shape index (κ1) is 14.8. The Hall–Kier alpha value is -0.650. The van der Waals surface area contributed by atoms with Gasteiger partial charge in [-0.05, 0) is 53.6 Å². The number of nitrogens with zero attached hydrogens (tertiary/aromatic N) is 2. The van der Waals surface area contributed by atoms with Crippen LogP contribution in [0.1, 0.15) is 29.1 Å². The number of rotatable bonds is 6. The van der Waals surface area contributed by atoms with Crippen LogP contribution in [0.2, 0.25) is 0 Å².